The highest BCUT2D eigenvalue weighted by Gasteiger charge is 2.27. The fraction of sp³-hybridized carbons (Fsp3) is 0.0556. The van der Waals surface area contributed by atoms with Crippen molar-refractivity contribution < 1.29 is 28.0 Å². The van der Waals surface area contributed by atoms with E-state index in [2.05, 4.69) is 14.7 Å². The zero-order valence-electron chi connectivity index (χ0n) is 15.6. The van der Waals surface area contributed by atoms with Crippen LogP contribution < -0.4 is 20.0 Å². The maximum atomic E-state index is 12.6. The Morgan fingerprint density at radius 3 is 2.55 bits per heavy atom. The van der Waals surface area contributed by atoms with Gasteiger partial charge in [-0.05, 0) is 30.3 Å². The number of ether oxygens (including phenoxy) is 1. The Morgan fingerprint density at radius 1 is 1.19 bits per heavy atom. The summed E-state index contributed by atoms with van der Waals surface area (Å²) in [6, 6.07) is 9.30. The van der Waals surface area contributed by atoms with E-state index in [4.69, 9.17) is 4.74 Å². The Hall–Kier alpha value is -3.84. The first-order chi connectivity index (χ1) is 14.7. The predicted octanol–water partition coefficient (Wildman–Crippen LogP) is 0.925. The topological polar surface area (TPSA) is 161 Å². The van der Waals surface area contributed by atoms with Gasteiger partial charge in [-0.3, -0.25) is 19.6 Å². The first kappa shape index (κ1) is 20.4. The molecule has 0 unspecified atom stereocenters. The molecule has 0 fully saturated rings. The van der Waals surface area contributed by atoms with E-state index in [1.807, 2.05) is 0 Å². The number of nitro benzene ring substituents is 1. The van der Waals surface area contributed by atoms with E-state index in [0.29, 0.717) is 17.1 Å². The maximum absolute atomic E-state index is 12.6. The van der Waals surface area contributed by atoms with Crippen molar-refractivity contribution in [2.45, 2.75) is 4.90 Å². The van der Waals surface area contributed by atoms with Gasteiger partial charge in [-0.25, -0.2) is 13.4 Å². The van der Waals surface area contributed by atoms with E-state index >= 15 is 0 Å². The van der Waals surface area contributed by atoms with Gasteiger partial charge in [0.05, 0.1) is 27.9 Å². The van der Waals surface area contributed by atoms with Crippen LogP contribution in [0.5, 0.6) is 11.6 Å². The zero-order chi connectivity index (χ0) is 22.3. The number of sulfonamides is 1. The lowest BCUT2D eigenvalue weighted by Crippen LogP contribution is -2.23. The minimum absolute atomic E-state index is 0.0552. The van der Waals surface area contributed by atoms with Gasteiger partial charge in [0.1, 0.15) is 10.6 Å². The van der Waals surface area contributed by atoms with Crippen molar-refractivity contribution in [3.8, 4) is 11.6 Å². The Labute approximate surface area is 178 Å². The summed E-state index contributed by atoms with van der Waals surface area (Å²) in [5.41, 5.74) is -0.353. The second kappa shape index (κ2) is 7.45. The highest BCUT2D eigenvalue weighted by molar-refractivity contribution is 7.93. The van der Waals surface area contributed by atoms with Crippen LogP contribution >= 0.6 is 11.3 Å². The molecule has 13 heteroatoms. The number of methoxy groups -OCH3 is 1. The van der Waals surface area contributed by atoms with Crippen LogP contribution in [0.2, 0.25) is 0 Å². The molecule has 0 bridgehead atoms. The number of rotatable bonds is 6. The molecule has 0 spiro atoms. The monoisotopic (exact) mass is 460 g/mol. The molecule has 11 nitrogen and oxygen atoms in total. The fourth-order valence-electron chi connectivity index (χ4n) is 2.88. The highest BCUT2D eigenvalue weighted by atomic mass is 32.2. The summed E-state index contributed by atoms with van der Waals surface area (Å²) in [4.78, 5) is 30.3. The normalized spacial score (nSPS) is 12.9. The van der Waals surface area contributed by atoms with Crippen molar-refractivity contribution >= 4 is 43.7 Å². The van der Waals surface area contributed by atoms with Gasteiger partial charge in [-0.15, -0.1) is 0 Å². The third-order valence-electron chi connectivity index (χ3n) is 4.32. The number of non-ortho nitro benzene ring substituents is 1. The number of nitrogens with one attached hydrogen (secondary N) is 1. The minimum atomic E-state index is -4.03. The van der Waals surface area contributed by atoms with Gasteiger partial charge < -0.3 is 9.84 Å². The summed E-state index contributed by atoms with van der Waals surface area (Å²) >= 11 is 0.704. The van der Waals surface area contributed by atoms with Crippen molar-refractivity contribution in [3.05, 3.63) is 68.0 Å². The molecule has 2 aromatic carbocycles. The number of fused-ring (bicyclic) bond motifs is 1. The number of amides is 1. The molecule has 0 aliphatic carbocycles. The minimum Gasteiger partial charge on any atom is -0.497 e. The number of hydrogen-bond acceptors (Lipinski definition) is 9. The van der Waals surface area contributed by atoms with Gasteiger partial charge >= 0.3 is 0 Å². The first-order valence-electron chi connectivity index (χ1n) is 8.48. The molecule has 1 aliphatic heterocycles. The van der Waals surface area contributed by atoms with Crippen molar-refractivity contribution in [2.24, 2.45) is 4.99 Å². The smallest absolute Gasteiger partial charge is 0.279 e. The lowest BCUT2D eigenvalue weighted by atomic mass is 10.1. The van der Waals surface area contributed by atoms with Crippen molar-refractivity contribution in [1.82, 2.24) is 4.98 Å². The summed E-state index contributed by atoms with van der Waals surface area (Å²) in [5, 5.41) is 21.5. The SMILES string of the molecule is COc1ccc(S(=O)(=O)Nc2nc(O)c(C3=c4cc([N+](=O)[O-])ccc4=NC3=O)s2)cc1. The molecule has 0 atom stereocenters. The Kier molecular flexibility index (Phi) is 4.91. The number of nitro groups is 1. The summed E-state index contributed by atoms with van der Waals surface area (Å²) in [5.74, 6) is -0.852. The van der Waals surface area contributed by atoms with Crippen LogP contribution in [0.15, 0.2) is 52.4 Å². The Bertz CT molecular complexity index is 1460. The van der Waals surface area contributed by atoms with E-state index in [-0.39, 0.29) is 36.7 Å². The number of benzene rings is 2. The van der Waals surface area contributed by atoms with Gasteiger partial charge in [0, 0.05) is 17.4 Å². The van der Waals surface area contributed by atoms with E-state index in [0.717, 1.165) is 0 Å². The standard InChI is InChI=1S/C18H12N4O7S2/c1-29-10-3-5-11(6-4-10)31(27,28)21-18-20-17(24)15(30-18)14-12-8-9(22(25)26)2-7-13(12)19-16(14)23/h2-8,24H,1H3,(H,20,21). The fourth-order valence-corrected chi connectivity index (χ4v) is 5.03. The quantitative estimate of drug-likeness (QED) is 0.405. The first-order valence-corrected chi connectivity index (χ1v) is 10.8. The summed E-state index contributed by atoms with van der Waals surface area (Å²) in [7, 11) is -2.59. The number of hydrogen-bond donors (Lipinski definition) is 2. The van der Waals surface area contributed by atoms with Gasteiger partial charge in [-0.1, -0.05) is 11.3 Å². The van der Waals surface area contributed by atoms with E-state index in [1.165, 1.54) is 49.6 Å². The number of carbonyl (C=O) groups excluding carboxylic acids is 1. The third-order valence-corrected chi connectivity index (χ3v) is 6.79. The molecule has 158 valence electrons. The molecule has 31 heavy (non-hydrogen) atoms. The van der Waals surface area contributed by atoms with Crippen LogP contribution in [0.25, 0.3) is 5.57 Å². The second-order valence-electron chi connectivity index (χ2n) is 6.20. The third kappa shape index (κ3) is 3.71. The maximum Gasteiger partial charge on any atom is 0.279 e. The van der Waals surface area contributed by atoms with Gasteiger partial charge in [0.15, 0.2) is 0 Å². The summed E-state index contributed by atoms with van der Waals surface area (Å²) < 4.78 is 32.4. The number of aromatic hydroxyl groups is 1. The highest BCUT2D eigenvalue weighted by Crippen LogP contribution is 2.35. The number of thiazole rings is 1. The molecule has 0 saturated carbocycles. The second-order valence-corrected chi connectivity index (χ2v) is 8.88. The van der Waals surface area contributed by atoms with Gasteiger partial charge in [0.2, 0.25) is 11.0 Å². The van der Waals surface area contributed by atoms with Gasteiger partial charge in [-0.2, -0.15) is 4.98 Å². The van der Waals surface area contributed by atoms with Crippen LogP contribution in [-0.4, -0.2) is 36.4 Å². The van der Waals surface area contributed by atoms with Crippen molar-refractivity contribution in [1.29, 1.82) is 0 Å². The molecule has 2 N–H and O–H groups in total. The van der Waals surface area contributed by atoms with Crippen LogP contribution in [0.4, 0.5) is 10.8 Å². The van der Waals surface area contributed by atoms with Crippen molar-refractivity contribution in [2.75, 3.05) is 11.8 Å². The molecule has 2 heterocycles. The van der Waals surface area contributed by atoms with Gasteiger partial charge in [0.25, 0.3) is 21.6 Å². The average Bonchev–Trinajstić information content (AvgIpc) is 3.24. The molecular weight excluding hydrogens is 448 g/mol. The van der Waals surface area contributed by atoms with Crippen LogP contribution in [-0.2, 0) is 14.8 Å². The molecular formula is C18H12N4O7S2. The van der Waals surface area contributed by atoms with Crippen LogP contribution in [0, 0.1) is 10.1 Å². The van der Waals surface area contributed by atoms with Crippen molar-refractivity contribution in [3.63, 3.8) is 0 Å². The largest absolute Gasteiger partial charge is 0.497 e. The lowest BCUT2D eigenvalue weighted by molar-refractivity contribution is -0.385. The molecule has 1 aromatic heterocycles. The molecule has 1 aliphatic rings. The number of nitrogens with zero attached hydrogens (tertiary/aromatic N) is 3. The molecule has 0 saturated heterocycles. The predicted molar refractivity (Wildman–Crippen MR) is 109 cm³/mol. The summed E-state index contributed by atoms with van der Waals surface area (Å²) in [6.07, 6.45) is 0. The van der Waals surface area contributed by atoms with Crippen LogP contribution in [0.1, 0.15) is 4.88 Å². The molecule has 4 rings (SSSR count). The van der Waals surface area contributed by atoms with E-state index < -0.39 is 26.7 Å². The Balaban J connectivity index is 1.75. The molecule has 0 radical (unpaired) electrons. The Morgan fingerprint density at radius 2 is 1.90 bits per heavy atom. The molecule has 1 amide bonds. The zero-order valence-corrected chi connectivity index (χ0v) is 17.2. The number of anilines is 1. The number of aromatic nitrogens is 1. The van der Waals surface area contributed by atoms with Crippen LogP contribution in [0.3, 0.4) is 0 Å². The van der Waals surface area contributed by atoms with E-state index in [1.54, 1.807) is 0 Å². The number of carbonyl (C=O) groups is 1. The van der Waals surface area contributed by atoms with E-state index in [9.17, 15) is 28.4 Å². The molecule has 3 aromatic rings. The summed E-state index contributed by atoms with van der Waals surface area (Å²) in [6.45, 7) is 0. The lowest BCUT2D eigenvalue weighted by Gasteiger charge is -2.05. The average molecular weight is 460 g/mol.